The molecule has 0 N–H and O–H groups in total. The summed E-state index contributed by atoms with van der Waals surface area (Å²) >= 11 is 0. The van der Waals surface area contributed by atoms with Crippen LogP contribution in [0.4, 0.5) is 0 Å². The van der Waals surface area contributed by atoms with E-state index < -0.39 is 0 Å². The van der Waals surface area contributed by atoms with Gasteiger partial charge in [0.2, 0.25) is 0 Å². The minimum Gasteiger partial charge on any atom is -0.466 e. The van der Waals surface area contributed by atoms with Crippen molar-refractivity contribution in [2.45, 2.75) is 39.5 Å². The molecule has 0 bridgehead atoms. The van der Waals surface area contributed by atoms with Crippen LogP contribution in [0.25, 0.3) is 0 Å². The van der Waals surface area contributed by atoms with E-state index >= 15 is 0 Å². The van der Waals surface area contributed by atoms with Gasteiger partial charge in [0.25, 0.3) is 0 Å². The van der Waals surface area contributed by atoms with E-state index in [4.69, 9.17) is 4.74 Å². The van der Waals surface area contributed by atoms with Crippen molar-refractivity contribution in [2.75, 3.05) is 6.61 Å². The van der Waals surface area contributed by atoms with Gasteiger partial charge in [-0.2, -0.15) is 0 Å². The molecule has 0 radical (unpaired) electrons. The Morgan fingerprint density at radius 3 is 2.59 bits per heavy atom. The zero-order valence-corrected chi connectivity index (χ0v) is 10.8. The second-order valence-electron chi connectivity index (χ2n) is 4.47. The van der Waals surface area contributed by atoms with Crippen LogP contribution in [-0.4, -0.2) is 12.6 Å². The van der Waals surface area contributed by atoms with E-state index in [1.165, 1.54) is 5.56 Å². The Kier molecular flexibility index (Phi) is 6.38. The first-order chi connectivity index (χ1) is 8.22. The predicted molar refractivity (Wildman–Crippen MR) is 69.8 cm³/mol. The SMILES string of the molecule is CCOC(=O)CC[C@H](C)CCc1ccccc1. The standard InChI is InChI=1S/C15H22O2/c1-3-17-15(16)12-10-13(2)9-11-14-7-5-4-6-8-14/h4-8,13H,3,9-12H2,1-2H3/t13-/m1/s1. The summed E-state index contributed by atoms with van der Waals surface area (Å²) < 4.78 is 4.92. The van der Waals surface area contributed by atoms with Gasteiger partial charge in [-0.3, -0.25) is 4.79 Å². The fourth-order valence-electron chi connectivity index (χ4n) is 1.80. The Morgan fingerprint density at radius 2 is 1.94 bits per heavy atom. The summed E-state index contributed by atoms with van der Waals surface area (Å²) in [5.41, 5.74) is 1.37. The zero-order chi connectivity index (χ0) is 12.5. The summed E-state index contributed by atoms with van der Waals surface area (Å²) in [7, 11) is 0. The van der Waals surface area contributed by atoms with Crippen molar-refractivity contribution in [1.82, 2.24) is 0 Å². The number of carbonyl (C=O) groups is 1. The van der Waals surface area contributed by atoms with Gasteiger partial charge in [-0.1, -0.05) is 37.3 Å². The smallest absolute Gasteiger partial charge is 0.305 e. The Labute approximate surface area is 104 Å². The first kappa shape index (κ1) is 13.8. The van der Waals surface area contributed by atoms with Crippen LogP contribution in [-0.2, 0) is 16.0 Å². The molecule has 17 heavy (non-hydrogen) atoms. The van der Waals surface area contributed by atoms with Gasteiger partial charge in [-0.05, 0) is 37.7 Å². The van der Waals surface area contributed by atoms with Gasteiger partial charge in [0, 0.05) is 6.42 Å². The van der Waals surface area contributed by atoms with Crippen LogP contribution in [0.1, 0.15) is 38.7 Å². The summed E-state index contributed by atoms with van der Waals surface area (Å²) in [5, 5.41) is 0. The van der Waals surface area contributed by atoms with Crippen molar-refractivity contribution in [1.29, 1.82) is 0 Å². The molecule has 2 heteroatoms. The quantitative estimate of drug-likeness (QED) is 0.674. The molecule has 0 aliphatic carbocycles. The van der Waals surface area contributed by atoms with Crippen molar-refractivity contribution in [3.63, 3.8) is 0 Å². The lowest BCUT2D eigenvalue weighted by Crippen LogP contribution is -2.07. The maximum absolute atomic E-state index is 11.2. The highest BCUT2D eigenvalue weighted by molar-refractivity contribution is 5.69. The number of hydrogen-bond acceptors (Lipinski definition) is 2. The van der Waals surface area contributed by atoms with Crippen molar-refractivity contribution < 1.29 is 9.53 Å². The summed E-state index contributed by atoms with van der Waals surface area (Å²) in [6, 6.07) is 10.5. The lowest BCUT2D eigenvalue weighted by atomic mass is 9.97. The molecule has 1 atom stereocenters. The van der Waals surface area contributed by atoms with Gasteiger partial charge in [-0.15, -0.1) is 0 Å². The van der Waals surface area contributed by atoms with Gasteiger partial charge in [-0.25, -0.2) is 0 Å². The third-order valence-corrected chi connectivity index (χ3v) is 2.92. The van der Waals surface area contributed by atoms with E-state index in [1.807, 2.05) is 13.0 Å². The largest absolute Gasteiger partial charge is 0.466 e. The Morgan fingerprint density at radius 1 is 1.24 bits per heavy atom. The van der Waals surface area contributed by atoms with E-state index in [1.54, 1.807) is 0 Å². The van der Waals surface area contributed by atoms with Gasteiger partial charge < -0.3 is 4.74 Å². The fraction of sp³-hybridized carbons (Fsp3) is 0.533. The molecule has 0 unspecified atom stereocenters. The van der Waals surface area contributed by atoms with Gasteiger partial charge >= 0.3 is 5.97 Å². The van der Waals surface area contributed by atoms with Crippen LogP contribution in [0.3, 0.4) is 0 Å². The minimum atomic E-state index is -0.0703. The molecule has 1 aromatic carbocycles. The molecule has 0 heterocycles. The van der Waals surface area contributed by atoms with Crippen LogP contribution in [0.2, 0.25) is 0 Å². The van der Waals surface area contributed by atoms with E-state index in [0.29, 0.717) is 18.9 Å². The van der Waals surface area contributed by atoms with Crippen LogP contribution in [0, 0.1) is 5.92 Å². The number of benzene rings is 1. The highest BCUT2D eigenvalue weighted by Crippen LogP contribution is 2.14. The molecule has 94 valence electrons. The minimum absolute atomic E-state index is 0.0703. The molecular weight excluding hydrogens is 212 g/mol. The number of esters is 1. The average Bonchev–Trinajstić information content (AvgIpc) is 2.35. The molecule has 2 nitrogen and oxygen atoms in total. The number of hydrogen-bond donors (Lipinski definition) is 0. The topological polar surface area (TPSA) is 26.3 Å². The number of ether oxygens (including phenoxy) is 1. The first-order valence-corrected chi connectivity index (χ1v) is 6.42. The monoisotopic (exact) mass is 234 g/mol. The predicted octanol–water partition coefficient (Wildman–Crippen LogP) is 3.60. The normalized spacial score (nSPS) is 12.1. The van der Waals surface area contributed by atoms with Crippen LogP contribution in [0.5, 0.6) is 0 Å². The molecule has 1 rings (SSSR count). The molecule has 0 aromatic heterocycles. The lowest BCUT2D eigenvalue weighted by Gasteiger charge is -2.10. The maximum atomic E-state index is 11.2. The van der Waals surface area contributed by atoms with Gasteiger partial charge in [0.1, 0.15) is 0 Å². The van der Waals surface area contributed by atoms with Gasteiger partial charge in [0.15, 0.2) is 0 Å². The first-order valence-electron chi connectivity index (χ1n) is 6.42. The summed E-state index contributed by atoms with van der Waals surface area (Å²) in [4.78, 5) is 11.2. The number of aryl methyl sites for hydroxylation is 1. The molecule has 0 amide bonds. The number of rotatable bonds is 7. The van der Waals surface area contributed by atoms with E-state index in [9.17, 15) is 4.79 Å². The lowest BCUT2D eigenvalue weighted by molar-refractivity contribution is -0.143. The third-order valence-electron chi connectivity index (χ3n) is 2.92. The molecule has 0 aliphatic heterocycles. The van der Waals surface area contributed by atoms with Crippen molar-refractivity contribution in [3.8, 4) is 0 Å². The van der Waals surface area contributed by atoms with Crippen LogP contribution in [0.15, 0.2) is 30.3 Å². The highest BCUT2D eigenvalue weighted by atomic mass is 16.5. The van der Waals surface area contributed by atoms with Crippen LogP contribution >= 0.6 is 0 Å². The Balaban J connectivity index is 2.17. The summed E-state index contributed by atoms with van der Waals surface area (Å²) in [6.07, 6.45) is 3.68. The molecular formula is C15H22O2. The Hall–Kier alpha value is -1.31. The van der Waals surface area contributed by atoms with E-state index in [2.05, 4.69) is 31.2 Å². The summed E-state index contributed by atoms with van der Waals surface area (Å²) in [6.45, 7) is 4.52. The van der Waals surface area contributed by atoms with Crippen molar-refractivity contribution in [2.24, 2.45) is 5.92 Å². The number of carbonyl (C=O) groups excluding carboxylic acids is 1. The van der Waals surface area contributed by atoms with Gasteiger partial charge in [0.05, 0.1) is 6.61 Å². The molecule has 0 saturated heterocycles. The molecule has 1 aromatic rings. The summed E-state index contributed by atoms with van der Waals surface area (Å²) in [5.74, 6) is 0.499. The third kappa shape index (κ3) is 6.10. The molecule has 0 spiro atoms. The zero-order valence-electron chi connectivity index (χ0n) is 10.8. The van der Waals surface area contributed by atoms with E-state index in [0.717, 1.165) is 19.3 Å². The fourth-order valence-corrected chi connectivity index (χ4v) is 1.80. The maximum Gasteiger partial charge on any atom is 0.305 e. The second-order valence-corrected chi connectivity index (χ2v) is 4.47. The molecule has 0 fully saturated rings. The molecule has 0 saturated carbocycles. The molecule has 0 aliphatic rings. The Bertz CT molecular complexity index is 319. The highest BCUT2D eigenvalue weighted by Gasteiger charge is 2.07. The van der Waals surface area contributed by atoms with Crippen molar-refractivity contribution >= 4 is 5.97 Å². The second kappa shape index (κ2) is 7.88. The van der Waals surface area contributed by atoms with Crippen molar-refractivity contribution in [3.05, 3.63) is 35.9 Å². The van der Waals surface area contributed by atoms with Crippen LogP contribution < -0.4 is 0 Å². The average molecular weight is 234 g/mol. The van der Waals surface area contributed by atoms with E-state index in [-0.39, 0.29) is 5.97 Å².